The van der Waals surface area contributed by atoms with Gasteiger partial charge in [0.1, 0.15) is 0 Å². The molecule has 1 aliphatic rings. The van der Waals surface area contributed by atoms with Crippen LogP contribution in [0.1, 0.15) is 86.0 Å². The van der Waals surface area contributed by atoms with Gasteiger partial charge in [-0.2, -0.15) is 0 Å². The molecule has 1 saturated heterocycles. The van der Waals surface area contributed by atoms with Gasteiger partial charge in [0.2, 0.25) is 5.91 Å². The molecule has 0 aromatic carbocycles. The number of carbonyl (C=O) groups is 1. The van der Waals surface area contributed by atoms with E-state index in [1.165, 1.54) is 28.7 Å². The lowest BCUT2D eigenvalue weighted by atomic mass is 10.0. The predicted molar refractivity (Wildman–Crippen MR) is 127 cm³/mol. The Balaban J connectivity index is 2.19. The van der Waals surface area contributed by atoms with E-state index in [1.807, 2.05) is 4.90 Å². The molecular weight excluding hydrogens is 356 g/mol. The van der Waals surface area contributed by atoms with Gasteiger partial charge < -0.3 is 10.2 Å². The second-order valence-electron chi connectivity index (χ2n) is 8.72. The number of amides is 1. The lowest BCUT2D eigenvalue weighted by Gasteiger charge is -2.27. The second-order valence-corrected chi connectivity index (χ2v) is 8.72. The van der Waals surface area contributed by atoms with Gasteiger partial charge in [0.25, 0.3) is 0 Å². The van der Waals surface area contributed by atoms with Crippen molar-refractivity contribution in [3.05, 3.63) is 46.6 Å². The third-order valence-corrected chi connectivity index (χ3v) is 5.47. The molecule has 1 rings (SSSR count). The van der Waals surface area contributed by atoms with Gasteiger partial charge in [-0.15, -0.1) is 0 Å². The highest BCUT2D eigenvalue weighted by Crippen LogP contribution is 2.14. The predicted octanol–water partition coefficient (Wildman–Crippen LogP) is 6.34. The molecule has 0 aromatic heterocycles. The fraction of sp³-hybridized carbons (Fsp3) is 0.654. The van der Waals surface area contributed by atoms with E-state index >= 15 is 0 Å². The van der Waals surface area contributed by atoms with Gasteiger partial charge in [-0.05, 0) is 79.6 Å². The molecule has 3 heteroatoms. The fourth-order valence-electron chi connectivity index (χ4n) is 3.50. The highest BCUT2D eigenvalue weighted by Gasteiger charge is 2.14. The monoisotopic (exact) mass is 400 g/mol. The Bertz CT molecular complexity index is 600. The second kappa shape index (κ2) is 15.3. The highest BCUT2D eigenvalue weighted by molar-refractivity contribution is 5.76. The van der Waals surface area contributed by atoms with Crippen molar-refractivity contribution in [2.75, 3.05) is 26.2 Å². The summed E-state index contributed by atoms with van der Waals surface area (Å²) in [6, 6.07) is 0. The van der Waals surface area contributed by atoms with Crippen LogP contribution in [0.5, 0.6) is 0 Å². The number of hydrogen-bond donors (Lipinski definition) is 1. The number of nitrogens with one attached hydrogen (secondary N) is 1. The molecular formula is C26H44N2O. The van der Waals surface area contributed by atoms with E-state index < -0.39 is 0 Å². The van der Waals surface area contributed by atoms with Gasteiger partial charge in [-0.25, -0.2) is 0 Å². The maximum atomic E-state index is 12.2. The molecule has 0 aromatic rings. The van der Waals surface area contributed by atoms with Gasteiger partial charge in [-0.1, -0.05) is 46.6 Å². The SMILES string of the molecule is CC(C)=CCC/C(C)=C/CCC(C)=CCC/C(C)=C/CCC(=O)N1CCNCC1. The average molecular weight is 401 g/mol. The normalized spacial score (nSPS) is 16.2. The molecule has 1 aliphatic heterocycles. The smallest absolute Gasteiger partial charge is 0.222 e. The van der Waals surface area contributed by atoms with Crippen molar-refractivity contribution in [3.8, 4) is 0 Å². The fourth-order valence-corrected chi connectivity index (χ4v) is 3.50. The van der Waals surface area contributed by atoms with E-state index in [1.54, 1.807) is 0 Å². The molecule has 1 heterocycles. The van der Waals surface area contributed by atoms with Crippen LogP contribution in [-0.4, -0.2) is 37.0 Å². The van der Waals surface area contributed by atoms with Crippen molar-refractivity contribution in [2.24, 2.45) is 0 Å². The van der Waals surface area contributed by atoms with Crippen molar-refractivity contribution in [1.82, 2.24) is 10.2 Å². The molecule has 29 heavy (non-hydrogen) atoms. The molecule has 1 fully saturated rings. The molecule has 1 N–H and O–H groups in total. The van der Waals surface area contributed by atoms with E-state index in [-0.39, 0.29) is 0 Å². The first-order chi connectivity index (χ1) is 13.9. The van der Waals surface area contributed by atoms with E-state index in [4.69, 9.17) is 0 Å². The quantitative estimate of drug-likeness (QED) is 0.387. The first-order valence-electron chi connectivity index (χ1n) is 11.5. The van der Waals surface area contributed by atoms with Crippen molar-refractivity contribution in [3.63, 3.8) is 0 Å². The summed E-state index contributed by atoms with van der Waals surface area (Å²) in [4.78, 5) is 14.2. The summed E-state index contributed by atoms with van der Waals surface area (Å²) in [6.07, 6.45) is 17.7. The Morgan fingerprint density at radius 1 is 0.690 bits per heavy atom. The van der Waals surface area contributed by atoms with E-state index in [0.29, 0.717) is 12.3 Å². The van der Waals surface area contributed by atoms with Crippen molar-refractivity contribution >= 4 is 5.91 Å². The molecule has 0 saturated carbocycles. The summed E-state index contributed by atoms with van der Waals surface area (Å²) in [5, 5.41) is 3.29. The summed E-state index contributed by atoms with van der Waals surface area (Å²) < 4.78 is 0. The van der Waals surface area contributed by atoms with Crippen LogP contribution >= 0.6 is 0 Å². The summed E-state index contributed by atoms with van der Waals surface area (Å²) in [5.41, 5.74) is 5.80. The Labute approximate surface area is 180 Å². The average Bonchev–Trinajstić information content (AvgIpc) is 2.68. The molecule has 0 spiro atoms. The molecule has 0 bridgehead atoms. The van der Waals surface area contributed by atoms with Gasteiger partial charge in [0, 0.05) is 32.6 Å². The summed E-state index contributed by atoms with van der Waals surface area (Å²) in [6.45, 7) is 14.6. The molecule has 1 amide bonds. The van der Waals surface area contributed by atoms with Crippen LogP contribution in [0.25, 0.3) is 0 Å². The van der Waals surface area contributed by atoms with Gasteiger partial charge in [-0.3, -0.25) is 4.79 Å². The minimum atomic E-state index is 0.301. The van der Waals surface area contributed by atoms with Crippen LogP contribution in [0.3, 0.4) is 0 Å². The molecule has 164 valence electrons. The maximum absolute atomic E-state index is 12.2. The Hall–Kier alpha value is -1.61. The molecule has 0 unspecified atom stereocenters. The lowest BCUT2D eigenvalue weighted by Crippen LogP contribution is -2.46. The maximum Gasteiger partial charge on any atom is 0.222 e. The van der Waals surface area contributed by atoms with Gasteiger partial charge >= 0.3 is 0 Å². The number of carbonyl (C=O) groups excluding carboxylic acids is 1. The van der Waals surface area contributed by atoms with Crippen LogP contribution in [0.15, 0.2) is 46.6 Å². The van der Waals surface area contributed by atoms with Crippen molar-refractivity contribution in [1.29, 1.82) is 0 Å². The zero-order valence-corrected chi connectivity index (χ0v) is 19.7. The molecule has 0 atom stereocenters. The largest absolute Gasteiger partial charge is 0.340 e. The van der Waals surface area contributed by atoms with Crippen LogP contribution in [0.4, 0.5) is 0 Å². The number of piperazine rings is 1. The first kappa shape index (κ1) is 25.4. The number of hydrogen-bond acceptors (Lipinski definition) is 2. The van der Waals surface area contributed by atoms with Crippen LogP contribution in [0.2, 0.25) is 0 Å². The van der Waals surface area contributed by atoms with Crippen LogP contribution < -0.4 is 5.32 Å². The van der Waals surface area contributed by atoms with E-state index in [0.717, 1.165) is 64.7 Å². The summed E-state index contributed by atoms with van der Waals surface area (Å²) in [7, 11) is 0. The topological polar surface area (TPSA) is 32.3 Å². The molecule has 3 nitrogen and oxygen atoms in total. The van der Waals surface area contributed by atoms with Gasteiger partial charge in [0.15, 0.2) is 0 Å². The summed E-state index contributed by atoms with van der Waals surface area (Å²) in [5.74, 6) is 0.301. The zero-order valence-electron chi connectivity index (χ0n) is 19.7. The van der Waals surface area contributed by atoms with Crippen LogP contribution in [-0.2, 0) is 4.79 Å². The number of nitrogens with zero attached hydrogens (tertiary/aromatic N) is 1. The van der Waals surface area contributed by atoms with E-state index in [2.05, 4.69) is 64.2 Å². The lowest BCUT2D eigenvalue weighted by molar-refractivity contribution is -0.131. The Kier molecular flexibility index (Phi) is 13.4. The Morgan fingerprint density at radius 2 is 1.10 bits per heavy atom. The zero-order chi connectivity index (χ0) is 21.5. The third kappa shape index (κ3) is 13.3. The number of rotatable bonds is 12. The summed E-state index contributed by atoms with van der Waals surface area (Å²) >= 11 is 0. The van der Waals surface area contributed by atoms with Crippen LogP contribution in [0, 0.1) is 0 Å². The minimum absolute atomic E-state index is 0.301. The highest BCUT2D eigenvalue weighted by atomic mass is 16.2. The minimum Gasteiger partial charge on any atom is -0.340 e. The molecule has 0 radical (unpaired) electrons. The van der Waals surface area contributed by atoms with Crippen molar-refractivity contribution < 1.29 is 4.79 Å². The van der Waals surface area contributed by atoms with Gasteiger partial charge in [0.05, 0.1) is 0 Å². The van der Waals surface area contributed by atoms with E-state index in [9.17, 15) is 4.79 Å². The third-order valence-electron chi connectivity index (χ3n) is 5.47. The first-order valence-corrected chi connectivity index (χ1v) is 11.5. The Morgan fingerprint density at radius 3 is 1.55 bits per heavy atom. The van der Waals surface area contributed by atoms with Crippen molar-refractivity contribution in [2.45, 2.75) is 86.0 Å². The number of allylic oxidation sites excluding steroid dienone is 8. The molecule has 0 aliphatic carbocycles. The standard InChI is InChI=1S/C26H44N2O/c1-22(2)10-6-11-23(3)12-7-13-24(4)14-8-15-25(5)16-9-17-26(29)28-20-18-27-19-21-28/h10,12,14,16,27H,6-9,11,13,15,17-21H2,1-5H3/b23-12+,24-14?,25-16+.